The molecular formula is C22H27FN2. The number of aliphatic imine (C=N–C) groups is 1. The molecule has 2 rings (SSSR count). The number of pyridine rings is 1. The van der Waals surface area contributed by atoms with Crippen molar-refractivity contribution < 1.29 is 4.39 Å². The Labute approximate surface area is 150 Å². The lowest BCUT2D eigenvalue weighted by molar-refractivity contribution is 0.628. The number of aromatic nitrogens is 1. The maximum atomic E-state index is 14.6. The van der Waals surface area contributed by atoms with Crippen LogP contribution in [0.4, 0.5) is 10.1 Å². The molecule has 25 heavy (non-hydrogen) atoms. The van der Waals surface area contributed by atoms with Crippen molar-refractivity contribution in [1.29, 1.82) is 0 Å². The fourth-order valence-electron chi connectivity index (χ4n) is 2.92. The van der Waals surface area contributed by atoms with Crippen molar-refractivity contribution in [3.8, 4) is 0 Å². The van der Waals surface area contributed by atoms with E-state index in [1.54, 1.807) is 6.07 Å². The Hall–Kier alpha value is -2.29. The van der Waals surface area contributed by atoms with Gasteiger partial charge in [-0.1, -0.05) is 26.0 Å². The van der Waals surface area contributed by atoms with Crippen molar-refractivity contribution in [3.63, 3.8) is 0 Å². The molecule has 0 atom stereocenters. The van der Waals surface area contributed by atoms with E-state index >= 15 is 0 Å². The molecular weight excluding hydrogens is 311 g/mol. The van der Waals surface area contributed by atoms with Crippen molar-refractivity contribution >= 4 is 17.0 Å². The van der Waals surface area contributed by atoms with Gasteiger partial charge in [-0.3, -0.25) is 9.98 Å². The molecule has 132 valence electrons. The molecule has 0 amide bonds. The normalized spacial score (nSPS) is 11.8. The minimum Gasteiger partial charge on any atom is -0.257 e. The highest BCUT2D eigenvalue weighted by molar-refractivity contribution is 5.84. The number of allylic oxidation sites excluding steroid dienone is 1. The van der Waals surface area contributed by atoms with Crippen LogP contribution in [-0.2, 0) is 0 Å². The van der Waals surface area contributed by atoms with Gasteiger partial charge in [0.2, 0.25) is 0 Å². The van der Waals surface area contributed by atoms with Crippen LogP contribution in [0.5, 0.6) is 0 Å². The number of hydrogen-bond acceptors (Lipinski definition) is 2. The summed E-state index contributed by atoms with van der Waals surface area (Å²) in [5.74, 6) is 0.0934. The predicted octanol–water partition coefficient (Wildman–Crippen LogP) is 6.52. The van der Waals surface area contributed by atoms with Gasteiger partial charge in [-0.2, -0.15) is 0 Å². The van der Waals surface area contributed by atoms with E-state index in [1.165, 1.54) is 0 Å². The van der Waals surface area contributed by atoms with Crippen LogP contribution in [0.3, 0.4) is 0 Å². The minimum absolute atomic E-state index is 0.292. The zero-order chi connectivity index (χ0) is 18.7. The van der Waals surface area contributed by atoms with Crippen molar-refractivity contribution in [2.45, 2.75) is 54.4 Å². The molecule has 0 unspecified atom stereocenters. The van der Waals surface area contributed by atoms with Crippen LogP contribution in [0.15, 0.2) is 35.3 Å². The Bertz CT molecular complexity index is 818. The first-order chi connectivity index (χ1) is 11.7. The van der Waals surface area contributed by atoms with E-state index < -0.39 is 0 Å². The SMILES string of the molecule is C/C=C(/c1cc(C)c(N=C(C)C)c(F)c1)c1ccc(C(C)C)nc1C. The topological polar surface area (TPSA) is 25.2 Å². The summed E-state index contributed by atoms with van der Waals surface area (Å²) in [4.78, 5) is 9.03. The van der Waals surface area contributed by atoms with E-state index in [9.17, 15) is 4.39 Å². The van der Waals surface area contributed by atoms with Crippen LogP contribution in [0.1, 0.15) is 68.6 Å². The molecule has 1 aromatic heterocycles. The lowest BCUT2D eigenvalue weighted by atomic mass is 9.94. The molecule has 1 aromatic carbocycles. The molecule has 0 aliphatic rings. The van der Waals surface area contributed by atoms with Gasteiger partial charge in [0.1, 0.15) is 11.5 Å². The molecule has 0 aliphatic carbocycles. The summed E-state index contributed by atoms with van der Waals surface area (Å²) in [6, 6.07) is 7.71. The summed E-state index contributed by atoms with van der Waals surface area (Å²) in [5, 5.41) is 0. The second-order valence-electron chi connectivity index (χ2n) is 6.91. The van der Waals surface area contributed by atoms with Gasteiger partial charge >= 0.3 is 0 Å². The number of benzene rings is 1. The first kappa shape index (κ1) is 19.0. The van der Waals surface area contributed by atoms with Gasteiger partial charge in [0.25, 0.3) is 0 Å². The lowest BCUT2D eigenvalue weighted by Gasteiger charge is -2.15. The Balaban J connectivity index is 2.55. The Morgan fingerprint density at radius 1 is 1.16 bits per heavy atom. The van der Waals surface area contributed by atoms with E-state index in [1.807, 2.05) is 46.8 Å². The summed E-state index contributed by atoms with van der Waals surface area (Å²) in [5.41, 5.74) is 7.01. The number of aryl methyl sites for hydroxylation is 2. The largest absolute Gasteiger partial charge is 0.257 e. The lowest BCUT2D eigenvalue weighted by Crippen LogP contribution is -2.00. The molecule has 0 fully saturated rings. The number of nitrogens with zero attached hydrogens (tertiary/aromatic N) is 2. The predicted molar refractivity (Wildman–Crippen MR) is 105 cm³/mol. The molecule has 0 N–H and O–H groups in total. The highest BCUT2D eigenvalue weighted by Crippen LogP contribution is 2.32. The quantitative estimate of drug-likeness (QED) is 0.582. The maximum Gasteiger partial charge on any atom is 0.149 e. The molecule has 0 spiro atoms. The van der Waals surface area contributed by atoms with Crippen molar-refractivity contribution in [1.82, 2.24) is 4.98 Å². The molecule has 2 aromatic rings. The van der Waals surface area contributed by atoms with Crippen LogP contribution in [-0.4, -0.2) is 10.7 Å². The molecule has 2 nitrogen and oxygen atoms in total. The van der Waals surface area contributed by atoms with Gasteiger partial charge in [-0.05, 0) is 75.4 Å². The zero-order valence-corrected chi connectivity index (χ0v) is 16.2. The van der Waals surface area contributed by atoms with E-state index in [4.69, 9.17) is 4.98 Å². The van der Waals surface area contributed by atoms with Crippen LogP contribution < -0.4 is 0 Å². The molecule has 0 bridgehead atoms. The third-order valence-electron chi connectivity index (χ3n) is 4.18. The van der Waals surface area contributed by atoms with Gasteiger partial charge < -0.3 is 0 Å². The average molecular weight is 338 g/mol. The fraction of sp³-hybridized carbons (Fsp3) is 0.364. The minimum atomic E-state index is -0.292. The summed E-state index contributed by atoms with van der Waals surface area (Å²) in [6.07, 6.45) is 2.02. The van der Waals surface area contributed by atoms with E-state index in [2.05, 4.69) is 31.0 Å². The van der Waals surface area contributed by atoms with Gasteiger partial charge in [0, 0.05) is 22.7 Å². The van der Waals surface area contributed by atoms with Gasteiger partial charge in [0.15, 0.2) is 0 Å². The molecule has 3 heteroatoms. The standard InChI is InChI=1S/C22H27FN2/c1-8-18(19-9-10-21(13(2)3)25-16(19)7)17-11-15(6)22(20(23)12-17)24-14(4)5/h8-13H,1-7H3/b18-8-. The molecule has 0 saturated heterocycles. The van der Waals surface area contributed by atoms with Crippen LogP contribution in [0.2, 0.25) is 0 Å². The molecule has 0 radical (unpaired) electrons. The van der Waals surface area contributed by atoms with Crippen molar-refractivity contribution in [3.05, 3.63) is 64.2 Å². The van der Waals surface area contributed by atoms with E-state index in [-0.39, 0.29) is 5.82 Å². The first-order valence-corrected chi connectivity index (χ1v) is 8.71. The number of halogens is 1. The van der Waals surface area contributed by atoms with Gasteiger partial charge in [0.05, 0.1) is 0 Å². The molecule has 0 saturated carbocycles. The Kier molecular flexibility index (Phi) is 5.89. The van der Waals surface area contributed by atoms with Gasteiger partial charge in [-0.25, -0.2) is 4.39 Å². The summed E-state index contributed by atoms with van der Waals surface area (Å²) >= 11 is 0. The van der Waals surface area contributed by atoms with Crippen LogP contribution in [0.25, 0.3) is 5.57 Å². The maximum absolute atomic E-state index is 14.6. The summed E-state index contributed by atoms with van der Waals surface area (Å²) in [6.45, 7) is 13.9. The van der Waals surface area contributed by atoms with Crippen molar-refractivity contribution in [2.75, 3.05) is 0 Å². The first-order valence-electron chi connectivity index (χ1n) is 8.71. The number of hydrogen-bond donors (Lipinski definition) is 0. The van der Waals surface area contributed by atoms with E-state index in [0.717, 1.165) is 39.4 Å². The average Bonchev–Trinajstić information content (AvgIpc) is 2.52. The third-order valence-corrected chi connectivity index (χ3v) is 4.18. The molecule has 1 heterocycles. The third kappa shape index (κ3) is 4.22. The highest BCUT2D eigenvalue weighted by Gasteiger charge is 2.14. The Morgan fingerprint density at radius 2 is 1.84 bits per heavy atom. The summed E-state index contributed by atoms with van der Waals surface area (Å²) in [7, 11) is 0. The monoisotopic (exact) mass is 338 g/mol. The second kappa shape index (κ2) is 7.73. The van der Waals surface area contributed by atoms with Crippen molar-refractivity contribution in [2.24, 2.45) is 4.99 Å². The number of rotatable bonds is 4. The summed E-state index contributed by atoms with van der Waals surface area (Å²) < 4.78 is 14.6. The van der Waals surface area contributed by atoms with E-state index in [0.29, 0.717) is 11.6 Å². The smallest absolute Gasteiger partial charge is 0.149 e. The van der Waals surface area contributed by atoms with Gasteiger partial charge in [-0.15, -0.1) is 0 Å². The highest BCUT2D eigenvalue weighted by atomic mass is 19.1. The van der Waals surface area contributed by atoms with Crippen LogP contribution in [0, 0.1) is 19.7 Å². The second-order valence-corrected chi connectivity index (χ2v) is 6.91. The Morgan fingerprint density at radius 3 is 2.32 bits per heavy atom. The zero-order valence-electron chi connectivity index (χ0n) is 16.2. The fourth-order valence-corrected chi connectivity index (χ4v) is 2.92. The van der Waals surface area contributed by atoms with Crippen LogP contribution >= 0.6 is 0 Å². The molecule has 0 aliphatic heterocycles.